The first-order valence-electron chi connectivity index (χ1n) is 8.66. The number of hydrogen-bond acceptors (Lipinski definition) is 6. The van der Waals surface area contributed by atoms with E-state index in [4.69, 9.17) is 4.74 Å². The quantitative estimate of drug-likeness (QED) is 0.856. The molecule has 2 aromatic rings. The van der Waals surface area contributed by atoms with Crippen LogP contribution in [-0.4, -0.2) is 53.5 Å². The monoisotopic (exact) mass is 344 g/mol. The lowest BCUT2D eigenvalue weighted by atomic mass is 9.90. The van der Waals surface area contributed by atoms with Crippen LogP contribution in [0.1, 0.15) is 23.4 Å². The van der Waals surface area contributed by atoms with E-state index in [1.54, 1.807) is 0 Å². The summed E-state index contributed by atoms with van der Waals surface area (Å²) in [6.45, 7) is 7.79. The molecule has 1 unspecified atom stereocenters. The van der Waals surface area contributed by atoms with E-state index in [2.05, 4.69) is 43.6 Å². The maximum Gasteiger partial charge on any atom is 0.151 e. The highest BCUT2D eigenvalue weighted by molar-refractivity contribution is 7.09. The molecule has 6 heteroatoms. The Morgan fingerprint density at radius 1 is 1.21 bits per heavy atom. The fraction of sp³-hybridized carbons (Fsp3) is 0.556. The Morgan fingerprint density at radius 3 is 2.96 bits per heavy atom. The molecule has 0 saturated carbocycles. The van der Waals surface area contributed by atoms with Crippen molar-refractivity contribution >= 4 is 17.2 Å². The zero-order valence-electron chi connectivity index (χ0n) is 14.1. The second kappa shape index (κ2) is 6.78. The third-order valence-electron chi connectivity index (χ3n) is 4.93. The lowest BCUT2D eigenvalue weighted by Crippen LogP contribution is -2.59. The van der Waals surface area contributed by atoms with Gasteiger partial charge in [-0.25, -0.2) is 0 Å². The summed E-state index contributed by atoms with van der Waals surface area (Å²) in [6.07, 6.45) is 2.27. The van der Waals surface area contributed by atoms with Crippen LogP contribution in [0, 0.1) is 6.92 Å². The highest BCUT2D eigenvalue weighted by atomic mass is 32.1. The standard InChI is InChI=1S/C18H24N4OS/c1-15-5-6-17(20-19-15)22-8-3-7-18(14-22)13-21(9-10-23-18)12-16-4-2-11-24-16/h2,4-6,11H,3,7-10,12-14H2,1H3. The van der Waals surface area contributed by atoms with Gasteiger partial charge in [-0.2, -0.15) is 5.10 Å². The van der Waals surface area contributed by atoms with E-state index in [9.17, 15) is 0 Å². The molecular formula is C18H24N4OS. The van der Waals surface area contributed by atoms with Crippen molar-refractivity contribution in [3.8, 4) is 0 Å². The minimum absolute atomic E-state index is 0.0691. The molecule has 0 bridgehead atoms. The Morgan fingerprint density at radius 2 is 2.17 bits per heavy atom. The number of morpholine rings is 1. The van der Waals surface area contributed by atoms with E-state index in [1.807, 2.05) is 24.3 Å². The van der Waals surface area contributed by atoms with E-state index in [0.29, 0.717) is 0 Å². The molecule has 2 fully saturated rings. The molecule has 0 radical (unpaired) electrons. The smallest absolute Gasteiger partial charge is 0.151 e. The fourth-order valence-electron chi connectivity index (χ4n) is 3.78. The van der Waals surface area contributed by atoms with Crippen LogP contribution in [0.5, 0.6) is 0 Å². The van der Waals surface area contributed by atoms with Crippen LogP contribution >= 0.6 is 11.3 Å². The number of aryl methyl sites for hydroxylation is 1. The predicted molar refractivity (Wildman–Crippen MR) is 96.5 cm³/mol. The fourth-order valence-corrected chi connectivity index (χ4v) is 4.53. The molecule has 4 heterocycles. The van der Waals surface area contributed by atoms with Gasteiger partial charge in [0.05, 0.1) is 17.9 Å². The van der Waals surface area contributed by atoms with Crippen molar-refractivity contribution in [3.63, 3.8) is 0 Å². The molecule has 0 amide bonds. The van der Waals surface area contributed by atoms with Gasteiger partial charge >= 0.3 is 0 Å². The zero-order valence-corrected chi connectivity index (χ0v) is 15.0. The topological polar surface area (TPSA) is 41.5 Å². The molecule has 1 atom stereocenters. The Hall–Kier alpha value is -1.50. The average Bonchev–Trinajstić information content (AvgIpc) is 3.09. The summed E-state index contributed by atoms with van der Waals surface area (Å²) in [5.41, 5.74) is 0.891. The van der Waals surface area contributed by atoms with E-state index < -0.39 is 0 Å². The van der Waals surface area contributed by atoms with Gasteiger partial charge in [-0.15, -0.1) is 16.4 Å². The maximum absolute atomic E-state index is 6.30. The molecule has 0 aliphatic carbocycles. The van der Waals surface area contributed by atoms with Crippen LogP contribution in [0.2, 0.25) is 0 Å². The maximum atomic E-state index is 6.30. The van der Waals surface area contributed by atoms with Gasteiger partial charge in [0.25, 0.3) is 0 Å². The third kappa shape index (κ3) is 3.45. The minimum Gasteiger partial charge on any atom is -0.370 e. The molecule has 2 aromatic heterocycles. The average molecular weight is 344 g/mol. The van der Waals surface area contributed by atoms with Gasteiger partial charge in [-0.1, -0.05) is 6.07 Å². The Labute approximate surface area is 147 Å². The van der Waals surface area contributed by atoms with E-state index >= 15 is 0 Å². The van der Waals surface area contributed by atoms with Gasteiger partial charge in [0.1, 0.15) is 0 Å². The van der Waals surface area contributed by atoms with Crippen molar-refractivity contribution in [2.75, 3.05) is 37.7 Å². The number of ether oxygens (including phenoxy) is 1. The summed E-state index contributed by atoms with van der Waals surface area (Å²) in [5, 5.41) is 10.7. The minimum atomic E-state index is -0.0691. The first-order chi connectivity index (χ1) is 11.7. The number of rotatable bonds is 3. The molecule has 128 valence electrons. The summed E-state index contributed by atoms with van der Waals surface area (Å²) in [7, 11) is 0. The normalized spacial score (nSPS) is 25.3. The number of anilines is 1. The molecule has 0 N–H and O–H groups in total. The van der Waals surface area contributed by atoms with Crippen LogP contribution in [0.15, 0.2) is 29.6 Å². The first-order valence-corrected chi connectivity index (χ1v) is 9.54. The van der Waals surface area contributed by atoms with Crippen LogP contribution < -0.4 is 4.90 Å². The summed E-state index contributed by atoms with van der Waals surface area (Å²) >= 11 is 1.84. The summed E-state index contributed by atoms with van der Waals surface area (Å²) < 4.78 is 6.30. The number of hydrogen-bond donors (Lipinski definition) is 0. The highest BCUT2D eigenvalue weighted by Crippen LogP contribution is 2.31. The number of nitrogens with zero attached hydrogens (tertiary/aromatic N) is 4. The zero-order chi connectivity index (χ0) is 16.4. The van der Waals surface area contributed by atoms with Gasteiger partial charge in [0, 0.05) is 37.6 Å². The van der Waals surface area contributed by atoms with Crippen molar-refractivity contribution in [3.05, 3.63) is 40.2 Å². The lowest BCUT2D eigenvalue weighted by molar-refractivity contribution is -0.116. The van der Waals surface area contributed by atoms with Crippen molar-refractivity contribution in [2.24, 2.45) is 0 Å². The molecule has 2 aliphatic heterocycles. The molecule has 4 rings (SSSR count). The molecule has 2 aliphatic rings. The second-order valence-electron chi connectivity index (χ2n) is 6.88. The molecule has 0 aromatic carbocycles. The number of aromatic nitrogens is 2. The Balaban J connectivity index is 1.46. The van der Waals surface area contributed by atoms with Crippen LogP contribution in [0.3, 0.4) is 0 Å². The number of thiophene rings is 1. The van der Waals surface area contributed by atoms with Crippen LogP contribution in [0.25, 0.3) is 0 Å². The Bertz CT molecular complexity index is 656. The van der Waals surface area contributed by atoms with Crippen LogP contribution in [0.4, 0.5) is 5.82 Å². The highest BCUT2D eigenvalue weighted by Gasteiger charge is 2.41. The SMILES string of the molecule is Cc1ccc(N2CCCC3(CN(Cc4cccs4)CCO3)C2)nn1. The summed E-state index contributed by atoms with van der Waals surface area (Å²) in [5.74, 6) is 0.971. The second-order valence-corrected chi connectivity index (χ2v) is 7.91. The largest absolute Gasteiger partial charge is 0.370 e. The van der Waals surface area contributed by atoms with Crippen molar-refractivity contribution in [1.29, 1.82) is 0 Å². The summed E-state index contributed by atoms with van der Waals surface area (Å²) in [6, 6.07) is 8.47. The van der Waals surface area contributed by atoms with Crippen molar-refractivity contribution in [1.82, 2.24) is 15.1 Å². The Kier molecular flexibility index (Phi) is 4.52. The lowest BCUT2D eigenvalue weighted by Gasteiger charge is -2.48. The van der Waals surface area contributed by atoms with Crippen LogP contribution in [-0.2, 0) is 11.3 Å². The number of piperidine rings is 1. The molecule has 1 spiro atoms. The van der Waals surface area contributed by atoms with E-state index in [0.717, 1.165) is 63.7 Å². The summed E-state index contributed by atoms with van der Waals surface area (Å²) in [4.78, 5) is 6.31. The predicted octanol–water partition coefficient (Wildman–Crippen LogP) is 2.72. The van der Waals surface area contributed by atoms with Crippen molar-refractivity contribution < 1.29 is 4.74 Å². The van der Waals surface area contributed by atoms with Gasteiger partial charge < -0.3 is 9.64 Å². The van der Waals surface area contributed by atoms with Gasteiger partial charge in [-0.05, 0) is 43.3 Å². The third-order valence-corrected chi connectivity index (χ3v) is 5.80. The van der Waals surface area contributed by atoms with Gasteiger partial charge in [-0.3, -0.25) is 4.90 Å². The first kappa shape index (κ1) is 16.0. The van der Waals surface area contributed by atoms with E-state index in [1.165, 1.54) is 4.88 Å². The van der Waals surface area contributed by atoms with Crippen molar-refractivity contribution in [2.45, 2.75) is 31.9 Å². The molecule has 2 saturated heterocycles. The molecular weight excluding hydrogens is 320 g/mol. The molecule has 24 heavy (non-hydrogen) atoms. The van der Waals surface area contributed by atoms with Gasteiger partial charge in [0.2, 0.25) is 0 Å². The van der Waals surface area contributed by atoms with E-state index in [-0.39, 0.29) is 5.60 Å². The van der Waals surface area contributed by atoms with Gasteiger partial charge in [0.15, 0.2) is 5.82 Å². The molecule has 5 nitrogen and oxygen atoms in total.